The van der Waals surface area contributed by atoms with Crippen molar-refractivity contribution in [2.24, 2.45) is 0 Å². The van der Waals surface area contributed by atoms with Crippen molar-refractivity contribution in [2.75, 3.05) is 18.5 Å². The second kappa shape index (κ2) is 8.39. The average molecular weight is 327 g/mol. The maximum atomic E-state index is 12.2. The first kappa shape index (κ1) is 17.9. The molecular formula is C20H25NO3. The Morgan fingerprint density at radius 3 is 2.17 bits per heavy atom. The Hall–Kier alpha value is -2.49. The summed E-state index contributed by atoms with van der Waals surface area (Å²) in [4.78, 5) is 12.2. The molecule has 1 N–H and O–H groups in total. The molecule has 0 saturated carbocycles. The molecule has 0 saturated heterocycles. The lowest BCUT2D eigenvalue weighted by Crippen LogP contribution is -2.21. The number of carbonyl (C=O) groups is 1. The van der Waals surface area contributed by atoms with Gasteiger partial charge in [0.15, 0.2) is 18.1 Å². The molecule has 2 aromatic rings. The van der Waals surface area contributed by atoms with Gasteiger partial charge < -0.3 is 14.8 Å². The molecule has 2 rings (SSSR count). The molecule has 0 bridgehead atoms. The largest absolute Gasteiger partial charge is 0.490 e. The number of benzene rings is 2. The molecule has 0 spiro atoms. The van der Waals surface area contributed by atoms with Crippen molar-refractivity contribution in [3.8, 4) is 11.5 Å². The van der Waals surface area contributed by atoms with Gasteiger partial charge in [0.2, 0.25) is 0 Å². The second-order valence-electron chi connectivity index (χ2n) is 5.91. The number of nitrogens with one attached hydrogen (secondary N) is 1. The molecule has 1 amide bonds. The van der Waals surface area contributed by atoms with Crippen LogP contribution in [0.2, 0.25) is 0 Å². The van der Waals surface area contributed by atoms with Gasteiger partial charge in [0.25, 0.3) is 5.91 Å². The first-order valence-corrected chi connectivity index (χ1v) is 8.23. The van der Waals surface area contributed by atoms with Gasteiger partial charge in [-0.25, -0.2) is 0 Å². The third-order valence-electron chi connectivity index (χ3n) is 3.61. The fourth-order valence-electron chi connectivity index (χ4n) is 2.60. The Kier molecular flexibility index (Phi) is 6.24. The minimum Gasteiger partial charge on any atom is -0.490 e. The zero-order valence-corrected chi connectivity index (χ0v) is 14.8. The second-order valence-corrected chi connectivity index (χ2v) is 5.91. The van der Waals surface area contributed by atoms with E-state index in [0.717, 1.165) is 23.2 Å². The number of amides is 1. The number of hydrogen-bond acceptors (Lipinski definition) is 3. The maximum absolute atomic E-state index is 12.2. The number of anilines is 1. The lowest BCUT2D eigenvalue weighted by Gasteiger charge is -2.14. The van der Waals surface area contributed by atoms with Gasteiger partial charge in [0.1, 0.15) is 0 Å². The van der Waals surface area contributed by atoms with Crippen LogP contribution in [0.25, 0.3) is 0 Å². The molecule has 128 valence electrons. The summed E-state index contributed by atoms with van der Waals surface area (Å²) in [6, 6.07) is 11.5. The Morgan fingerprint density at radius 2 is 1.58 bits per heavy atom. The molecule has 2 aromatic carbocycles. The van der Waals surface area contributed by atoms with Crippen molar-refractivity contribution < 1.29 is 14.3 Å². The number of para-hydroxylation sites is 2. The van der Waals surface area contributed by atoms with Gasteiger partial charge in [0, 0.05) is 5.69 Å². The number of hydrogen-bond donors (Lipinski definition) is 1. The Bertz CT molecular complexity index is 687. The number of rotatable bonds is 7. The van der Waals surface area contributed by atoms with Crippen LogP contribution < -0.4 is 14.8 Å². The van der Waals surface area contributed by atoms with Crippen LogP contribution in [-0.4, -0.2) is 19.1 Å². The quantitative estimate of drug-likeness (QED) is 0.819. The average Bonchev–Trinajstić information content (AvgIpc) is 2.55. The number of carbonyl (C=O) groups excluding carboxylic acids is 1. The van der Waals surface area contributed by atoms with Gasteiger partial charge in [-0.05, 0) is 50.5 Å². The van der Waals surface area contributed by atoms with Crippen LogP contribution >= 0.6 is 0 Å². The van der Waals surface area contributed by atoms with E-state index in [-0.39, 0.29) is 12.5 Å². The molecule has 0 aliphatic carbocycles. The van der Waals surface area contributed by atoms with E-state index in [1.807, 2.05) is 45.9 Å². The summed E-state index contributed by atoms with van der Waals surface area (Å²) in [5.41, 5.74) is 4.13. The van der Waals surface area contributed by atoms with Crippen molar-refractivity contribution in [3.05, 3.63) is 53.1 Å². The lowest BCUT2D eigenvalue weighted by atomic mass is 10.1. The van der Waals surface area contributed by atoms with Gasteiger partial charge >= 0.3 is 0 Å². The molecular weight excluding hydrogens is 302 g/mol. The zero-order valence-electron chi connectivity index (χ0n) is 14.8. The van der Waals surface area contributed by atoms with Crippen molar-refractivity contribution in [3.63, 3.8) is 0 Å². The first-order chi connectivity index (χ1) is 11.5. The molecule has 0 fully saturated rings. The molecule has 0 unspecified atom stereocenters. The molecule has 24 heavy (non-hydrogen) atoms. The number of ether oxygens (including phenoxy) is 2. The third-order valence-corrected chi connectivity index (χ3v) is 3.61. The summed E-state index contributed by atoms with van der Waals surface area (Å²) in [5.74, 6) is 1.06. The molecule has 0 aliphatic rings. The van der Waals surface area contributed by atoms with Crippen LogP contribution in [0, 0.1) is 20.8 Å². The maximum Gasteiger partial charge on any atom is 0.262 e. The van der Waals surface area contributed by atoms with Crippen LogP contribution in [-0.2, 0) is 4.79 Å². The minimum absolute atomic E-state index is 0.0563. The van der Waals surface area contributed by atoms with E-state index >= 15 is 0 Å². The summed E-state index contributed by atoms with van der Waals surface area (Å²) in [7, 11) is 0. The van der Waals surface area contributed by atoms with E-state index < -0.39 is 0 Å². The highest BCUT2D eigenvalue weighted by Crippen LogP contribution is 2.27. The normalized spacial score (nSPS) is 10.3. The van der Waals surface area contributed by atoms with Gasteiger partial charge in [-0.1, -0.05) is 36.8 Å². The van der Waals surface area contributed by atoms with E-state index in [9.17, 15) is 4.79 Å². The summed E-state index contributed by atoms with van der Waals surface area (Å²) >= 11 is 0. The standard InChI is InChI=1S/C20H25NO3/c1-5-10-23-17-8-6-7-9-18(17)24-13-19(22)21-20-15(3)11-14(2)12-16(20)4/h6-9,11-12H,5,10,13H2,1-4H3,(H,21,22). The van der Waals surface area contributed by atoms with Crippen molar-refractivity contribution in [2.45, 2.75) is 34.1 Å². The van der Waals surface area contributed by atoms with Crippen molar-refractivity contribution in [1.82, 2.24) is 0 Å². The highest BCUT2D eigenvalue weighted by Gasteiger charge is 2.11. The Morgan fingerprint density at radius 1 is 1.00 bits per heavy atom. The fourth-order valence-corrected chi connectivity index (χ4v) is 2.60. The highest BCUT2D eigenvalue weighted by molar-refractivity contribution is 5.93. The summed E-state index contributed by atoms with van der Waals surface area (Å²) < 4.78 is 11.3. The van der Waals surface area contributed by atoms with E-state index in [1.54, 1.807) is 6.07 Å². The van der Waals surface area contributed by atoms with Crippen LogP contribution in [0.15, 0.2) is 36.4 Å². The Balaban J connectivity index is 1.99. The topological polar surface area (TPSA) is 47.6 Å². The van der Waals surface area contributed by atoms with Gasteiger partial charge in [-0.3, -0.25) is 4.79 Å². The third kappa shape index (κ3) is 4.75. The number of aryl methyl sites for hydroxylation is 3. The first-order valence-electron chi connectivity index (χ1n) is 8.23. The molecule has 0 aliphatic heterocycles. The van der Waals surface area contributed by atoms with Crippen LogP contribution in [0.5, 0.6) is 11.5 Å². The monoisotopic (exact) mass is 327 g/mol. The van der Waals surface area contributed by atoms with Gasteiger partial charge in [-0.15, -0.1) is 0 Å². The van der Waals surface area contributed by atoms with Crippen molar-refractivity contribution >= 4 is 11.6 Å². The molecule has 0 heterocycles. The molecule has 0 radical (unpaired) electrons. The van der Waals surface area contributed by atoms with Crippen LogP contribution in [0.1, 0.15) is 30.0 Å². The lowest BCUT2D eigenvalue weighted by molar-refractivity contribution is -0.118. The van der Waals surface area contributed by atoms with Crippen molar-refractivity contribution in [1.29, 1.82) is 0 Å². The smallest absolute Gasteiger partial charge is 0.262 e. The summed E-state index contributed by atoms with van der Waals surface area (Å²) in [6.07, 6.45) is 0.917. The predicted molar refractivity (Wildman–Crippen MR) is 97.0 cm³/mol. The Labute approximate surface area is 143 Å². The summed E-state index contributed by atoms with van der Waals surface area (Å²) in [6.45, 7) is 8.63. The van der Waals surface area contributed by atoms with E-state index in [1.165, 1.54) is 5.56 Å². The minimum atomic E-state index is -0.185. The van der Waals surface area contributed by atoms with Gasteiger partial charge in [0.05, 0.1) is 6.61 Å². The fraction of sp³-hybridized carbons (Fsp3) is 0.350. The molecule has 4 nitrogen and oxygen atoms in total. The predicted octanol–water partition coefficient (Wildman–Crippen LogP) is 4.42. The molecule has 4 heteroatoms. The summed E-state index contributed by atoms with van der Waals surface area (Å²) in [5, 5.41) is 2.93. The SMILES string of the molecule is CCCOc1ccccc1OCC(=O)Nc1c(C)cc(C)cc1C. The van der Waals surface area contributed by atoms with Crippen LogP contribution in [0.3, 0.4) is 0 Å². The van der Waals surface area contributed by atoms with Crippen LogP contribution in [0.4, 0.5) is 5.69 Å². The van der Waals surface area contributed by atoms with E-state index in [2.05, 4.69) is 17.4 Å². The molecule has 0 aromatic heterocycles. The zero-order chi connectivity index (χ0) is 17.5. The molecule has 0 atom stereocenters. The van der Waals surface area contributed by atoms with Gasteiger partial charge in [-0.2, -0.15) is 0 Å². The van der Waals surface area contributed by atoms with E-state index in [4.69, 9.17) is 9.47 Å². The highest BCUT2D eigenvalue weighted by atomic mass is 16.5. The van der Waals surface area contributed by atoms with E-state index in [0.29, 0.717) is 18.1 Å².